The lowest BCUT2D eigenvalue weighted by atomic mass is 10.00. The Hall–Kier alpha value is -4.40. The standard InChI is InChI=1S/C29H34N6O3/c1-29(2,3)30-28(37)27(20-11-13-21(14-12-20)33(4)5)35(22-15-17-23(38-6)18-16-22)26(36)19-34-25-10-8-7-9-24(25)31-32-34/h7-18,27H,19H2,1-6H3,(H,30,37)/t27-/m0/s1. The molecule has 0 spiro atoms. The fourth-order valence-corrected chi connectivity index (χ4v) is 4.23. The Morgan fingerprint density at radius 2 is 1.58 bits per heavy atom. The van der Waals surface area contributed by atoms with E-state index in [-0.39, 0.29) is 18.4 Å². The molecule has 1 atom stereocenters. The molecular formula is C29H34N6O3. The number of methoxy groups -OCH3 is 1. The van der Waals surface area contributed by atoms with Crippen LogP contribution in [0.2, 0.25) is 0 Å². The van der Waals surface area contributed by atoms with Gasteiger partial charge in [-0.15, -0.1) is 5.10 Å². The minimum Gasteiger partial charge on any atom is -0.497 e. The molecule has 1 heterocycles. The summed E-state index contributed by atoms with van der Waals surface area (Å²) in [5, 5.41) is 11.4. The summed E-state index contributed by atoms with van der Waals surface area (Å²) in [5.74, 6) is 0.0498. The van der Waals surface area contributed by atoms with Crippen LogP contribution in [0.3, 0.4) is 0 Å². The second-order valence-corrected chi connectivity index (χ2v) is 10.3. The van der Waals surface area contributed by atoms with Crippen molar-refractivity contribution in [2.45, 2.75) is 38.9 Å². The Balaban J connectivity index is 1.82. The smallest absolute Gasteiger partial charge is 0.249 e. The Kier molecular flexibility index (Phi) is 7.66. The van der Waals surface area contributed by atoms with Gasteiger partial charge in [0.05, 0.1) is 12.6 Å². The quantitative estimate of drug-likeness (QED) is 0.379. The van der Waals surface area contributed by atoms with Crippen LogP contribution in [0, 0.1) is 0 Å². The highest BCUT2D eigenvalue weighted by Gasteiger charge is 2.35. The number of aromatic nitrogens is 3. The number of benzene rings is 3. The fraction of sp³-hybridized carbons (Fsp3) is 0.310. The number of hydrogen-bond acceptors (Lipinski definition) is 6. The third-order valence-corrected chi connectivity index (χ3v) is 6.05. The maximum atomic E-state index is 14.1. The summed E-state index contributed by atoms with van der Waals surface area (Å²) in [4.78, 5) is 31.5. The van der Waals surface area contributed by atoms with Crippen molar-refractivity contribution in [3.05, 3.63) is 78.4 Å². The first-order valence-electron chi connectivity index (χ1n) is 12.4. The van der Waals surface area contributed by atoms with E-state index < -0.39 is 11.6 Å². The minimum absolute atomic E-state index is 0.0956. The first kappa shape index (κ1) is 26.7. The molecule has 2 amide bonds. The van der Waals surface area contributed by atoms with Gasteiger partial charge in [0.25, 0.3) is 0 Å². The van der Waals surface area contributed by atoms with E-state index in [2.05, 4.69) is 15.6 Å². The number of fused-ring (bicyclic) bond motifs is 1. The second-order valence-electron chi connectivity index (χ2n) is 10.3. The van der Waals surface area contributed by atoms with Crippen LogP contribution in [0.4, 0.5) is 11.4 Å². The molecule has 0 fully saturated rings. The van der Waals surface area contributed by atoms with Gasteiger partial charge in [-0.05, 0) is 74.9 Å². The third kappa shape index (κ3) is 5.94. The van der Waals surface area contributed by atoms with Gasteiger partial charge in [-0.2, -0.15) is 0 Å². The molecule has 4 aromatic rings. The summed E-state index contributed by atoms with van der Waals surface area (Å²) in [6.45, 7) is 5.65. The molecule has 9 nitrogen and oxygen atoms in total. The normalized spacial score (nSPS) is 12.2. The Bertz CT molecular complexity index is 1410. The van der Waals surface area contributed by atoms with Gasteiger partial charge in [0, 0.05) is 31.0 Å². The lowest BCUT2D eigenvalue weighted by molar-refractivity contribution is -0.128. The van der Waals surface area contributed by atoms with Crippen LogP contribution < -0.4 is 19.9 Å². The van der Waals surface area contributed by atoms with E-state index in [1.165, 1.54) is 4.90 Å². The van der Waals surface area contributed by atoms with Crippen molar-refractivity contribution in [2.75, 3.05) is 31.0 Å². The summed E-state index contributed by atoms with van der Waals surface area (Å²) in [6.07, 6.45) is 0. The Morgan fingerprint density at radius 3 is 2.18 bits per heavy atom. The first-order chi connectivity index (χ1) is 18.1. The monoisotopic (exact) mass is 514 g/mol. The predicted molar refractivity (Wildman–Crippen MR) is 149 cm³/mol. The molecule has 3 aromatic carbocycles. The van der Waals surface area contributed by atoms with E-state index in [4.69, 9.17) is 4.74 Å². The maximum Gasteiger partial charge on any atom is 0.249 e. The number of ether oxygens (including phenoxy) is 1. The topological polar surface area (TPSA) is 92.6 Å². The van der Waals surface area contributed by atoms with Gasteiger partial charge in [-0.25, -0.2) is 4.68 Å². The zero-order chi connectivity index (χ0) is 27.4. The number of hydrogen-bond donors (Lipinski definition) is 1. The molecule has 0 aliphatic rings. The van der Waals surface area contributed by atoms with E-state index in [1.54, 1.807) is 36.1 Å². The number of carbonyl (C=O) groups is 2. The van der Waals surface area contributed by atoms with Crippen molar-refractivity contribution >= 4 is 34.2 Å². The zero-order valence-electron chi connectivity index (χ0n) is 22.7. The molecule has 0 saturated heterocycles. The van der Waals surface area contributed by atoms with Crippen molar-refractivity contribution in [1.82, 2.24) is 20.3 Å². The lowest BCUT2D eigenvalue weighted by Crippen LogP contribution is -2.50. The number of rotatable bonds is 8. The van der Waals surface area contributed by atoms with Gasteiger partial charge in [0.15, 0.2) is 0 Å². The summed E-state index contributed by atoms with van der Waals surface area (Å²) in [6, 6.07) is 21.3. The molecule has 9 heteroatoms. The van der Waals surface area contributed by atoms with Crippen LogP contribution in [0.25, 0.3) is 11.0 Å². The molecule has 1 N–H and O–H groups in total. The van der Waals surface area contributed by atoms with Gasteiger partial charge in [0.1, 0.15) is 23.9 Å². The minimum atomic E-state index is -0.930. The molecule has 38 heavy (non-hydrogen) atoms. The van der Waals surface area contributed by atoms with Crippen LogP contribution in [0.1, 0.15) is 32.4 Å². The summed E-state index contributed by atoms with van der Waals surface area (Å²) in [7, 11) is 5.49. The van der Waals surface area contributed by atoms with E-state index in [0.29, 0.717) is 22.5 Å². The number of para-hydroxylation sites is 1. The molecule has 0 radical (unpaired) electrons. The van der Waals surface area contributed by atoms with Gasteiger partial charge in [-0.3, -0.25) is 14.5 Å². The van der Waals surface area contributed by atoms with Crippen LogP contribution in [0.5, 0.6) is 5.75 Å². The molecule has 0 bridgehead atoms. The summed E-state index contributed by atoms with van der Waals surface area (Å²) >= 11 is 0. The summed E-state index contributed by atoms with van der Waals surface area (Å²) in [5.41, 5.74) is 3.16. The third-order valence-electron chi connectivity index (χ3n) is 6.05. The van der Waals surface area contributed by atoms with Crippen LogP contribution >= 0.6 is 0 Å². The fourth-order valence-electron chi connectivity index (χ4n) is 4.23. The van der Waals surface area contributed by atoms with E-state index >= 15 is 0 Å². The highest BCUT2D eigenvalue weighted by atomic mass is 16.5. The maximum absolute atomic E-state index is 14.1. The number of carbonyl (C=O) groups excluding carboxylic acids is 2. The van der Waals surface area contributed by atoms with Crippen LogP contribution in [0.15, 0.2) is 72.8 Å². The van der Waals surface area contributed by atoms with E-state index in [9.17, 15) is 9.59 Å². The molecule has 198 valence electrons. The first-order valence-corrected chi connectivity index (χ1v) is 12.4. The largest absolute Gasteiger partial charge is 0.497 e. The number of amides is 2. The SMILES string of the molecule is COc1ccc(N(C(=O)Cn2nnc3ccccc32)[C@H](C(=O)NC(C)(C)C)c2ccc(N(C)C)cc2)cc1. The number of anilines is 2. The van der Waals surface area contributed by atoms with E-state index in [0.717, 1.165) is 11.2 Å². The van der Waals surface area contributed by atoms with Gasteiger partial charge < -0.3 is 15.0 Å². The molecular weight excluding hydrogens is 480 g/mol. The highest BCUT2D eigenvalue weighted by Crippen LogP contribution is 2.31. The average Bonchev–Trinajstić information content (AvgIpc) is 3.29. The molecule has 0 aliphatic carbocycles. The van der Waals surface area contributed by atoms with Crippen molar-refractivity contribution in [3.63, 3.8) is 0 Å². The molecule has 0 unspecified atom stereocenters. The van der Waals surface area contributed by atoms with Crippen molar-refractivity contribution in [2.24, 2.45) is 0 Å². The molecule has 1 aromatic heterocycles. The average molecular weight is 515 g/mol. The number of nitrogens with zero attached hydrogens (tertiary/aromatic N) is 5. The van der Waals surface area contributed by atoms with E-state index in [1.807, 2.05) is 88.3 Å². The van der Waals surface area contributed by atoms with Crippen molar-refractivity contribution < 1.29 is 14.3 Å². The predicted octanol–water partition coefficient (Wildman–Crippen LogP) is 4.20. The van der Waals surface area contributed by atoms with Crippen molar-refractivity contribution in [1.29, 1.82) is 0 Å². The highest BCUT2D eigenvalue weighted by molar-refractivity contribution is 6.01. The summed E-state index contributed by atoms with van der Waals surface area (Å²) < 4.78 is 6.88. The van der Waals surface area contributed by atoms with Crippen LogP contribution in [-0.4, -0.2) is 53.6 Å². The Morgan fingerprint density at radius 1 is 0.947 bits per heavy atom. The van der Waals surface area contributed by atoms with Crippen LogP contribution in [-0.2, 0) is 16.1 Å². The molecule has 0 saturated carbocycles. The lowest BCUT2D eigenvalue weighted by Gasteiger charge is -2.34. The second kappa shape index (κ2) is 10.9. The zero-order valence-corrected chi connectivity index (χ0v) is 22.7. The van der Waals surface area contributed by atoms with Gasteiger partial charge >= 0.3 is 0 Å². The number of nitrogens with one attached hydrogen (secondary N) is 1. The van der Waals surface area contributed by atoms with Crippen molar-refractivity contribution in [3.8, 4) is 5.75 Å². The molecule has 0 aliphatic heterocycles. The Labute approximate surface area is 223 Å². The van der Waals surface area contributed by atoms with Gasteiger partial charge in [0.2, 0.25) is 11.8 Å². The molecule has 4 rings (SSSR count). The van der Waals surface area contributed by atoms with Gasteiger partial charge in [-0.1, -0.05) is 29.5 Å².